The largest absolute Gasteiger partial charge is 0.454 e. The summed E-state index contributed by atoms with van der Waals surface area (Å²) in [5.74, 6) is -0.953. The quantitative estimate of drug-likeness (QED) is 0.525. The average molecular weight is 389 g/mol. The van der Waals surface area contributed by atoms with Gasteiger partial charge in [-0.2, -0.15) is 0 Å². The minimum absolute atomic E-state index is 0.132. The van der Waals surface area contributed by atoms with Gasteiger partial charge in [0.1, 0.15) is 0 Å². The Kier molecular flexibility index (Phi) is 7.69. The fourth-order valence-corrected chi connectivity index (χ4v) is 2.99. The molecule has 6 nitrogen and oxygen atoms in total. The van der Waals surface area contributed by atoms with Crippen LogP contribution in [0, 0.1) is 0 Å². The van der Waals surface area contributed by atoms with Gasteiger partial charge in [-0.1, -0.05) is 12.1 Å². The second kappa shape index (κ2) is 9.99. The molecule has 1 N–H and O–H groups in total. The molecule has 0 saturated heterocycles. The number of esters is 1. The Morgan fingerprint density at radius 3 is 2.41 bits per heavy atom. The molecule has 1 aromatic carbocycles. The number of Topliss-reactive ketones (excluding diaryl/α,β-unsaturated/α-hetero) is 1. The number of rotatable bonds is 9. The van der Waals surface area contributed by atoms with Gasteiger partial charge in [-0.3, -0.25) is 9.59 Å². The van der Waals surface area contributed by atoms with E-state index < -0.39 is 5.97 Å². The van der Waals surface area contributed by atoms with Gasteiger partial charge in [0.05, 0.1) is 29.7 Å². The lowest BCUT2D eigenvalue weighted by Gasteiger charge is -2.08. The number of carbonyl (C=O) groups excluding carboxylic acids is 3. The predicted octanol–water partition coefficient (Wildman–Crippen LogP) is 3.35. The lowest BCUT2D eigenvalue weighted by molar-refractivity contribution is -0.119. The van der Waals surface area contributed by atoms with Crippen LogP contribution in [0.25, 0.3) is 0 Å². The topological polar surface area (TPSA) is 81.7 Å². The van der Waals surface area contributed by atoms with E-state index in [0.717, 1.165) is 10.4 Å². The highest BCUT2D eigenvalue weighted by Gasteiger charge is 2.14. The second-order valence-corrected chi connectivity index (χ2v) is 7.40. The Morgan fingerprint density at radius 1 is 1.07 bits per heavy atom. The zero-order chi connectivity index (χ0) is 19.8. The molecular weight excluding hydrogens is 366 g/mol. The van der Waals surface area contributed by atoms with Crippen molar-refractivity contribution in [1.82, 2.24) is 5.32 Å². The third-order valence-electron chi connectivity index (χ3n) is 3.56. The predicted molar refractivity (Wildman–Crippen MR) is 103 cm³/mol. The fourth-order valence-electron chi connectivity index (χ4n) is 2.12. The molecule has 0 unspecified atom stereocenters. The van der Waals surface area contributed by atoms with Crippen LogP contribution in [-0.2, 0) is 27.4 Å². The normalized spacial score (nSPS) is 10.7. The zero-order valence-corrected chi connectivity index (χ0v) is 16.4. The third-order valence-corrected chi connectivity index (χ3v) is 4.68. The van der Waals surface area contributed by atoms with Crippen LogP contribution >= 0.6 is 11.3 Å². The minimum atomic E-state index is -0.547. The van der Waals surface area contributed by atoms with Crippen molar-refractivity contribution in [3.63, 3.8) is 0 Å². The van der Waals surface area contributed by atoms with E-state index in [1.54, 1.807) is 36.4 Å². The highest BCUT2D eigenvalue weighted by atomic mass is 32.1. The molecule has 0 bridgehead atoms. The summed E-state index contributed by atoms with van der Waals surface area (Å²) >= 11 is 1.27. The first-order chi connectivity index (χ1) is 12.8. The second-order valence-electron chi connectivity index (χ2n) is 6.23. The first-order valence-electron chi connectivity index (χ1n) is 8.59. The maximum atomic E-state index is 12.2. The summed E-state index contributed by atoms with van der Waals surface area (Å²) < 4.78 is 10.6. The molecule has 2 aromatic rings. The number of nitrogens with one attached hydrogen (secondary N) is 1. The Labute approximate surface area is 162 Å². The molecule has 0 spiro atoms. The number of hydrogen-bond acceptors (Lipinski definition) is 6. The van der Waals surface area contributed by atoms with Gasteiger partial charge < -0.3 is 14.8 Å². The molecule has 1 amide bonds. The number of amides is 1. The molecule has 0 radical (unpaired) electrons. The summed E-state index contributed by atoms with van der Waals surface area (Å²) in [6.45, 7) is 5.88. The van der Waals surface area contributed by atoms with E-state index >= 15 is 0 Å². The molecule has 27 heavy (non-hydrogen) atoms. The molecule has 2 rings (SSSR count). The van der Waals surface area contributed by atoms with Gasteiger partial charge >= 0.3 is 5.97 Å². The third kappa shape index (κ3) is 6.96. The van der Waals surface area contributed by atoms with Gasteiger partial charge in [-0.15, -0.1) is 11.3 Å². The summed E-state index contributed by atoms with van der Waals surface area (Å²) in [6, 6.07) is 10.4. The van der Waals surface area contributed by atoms with Gasteiger partial charge in [-0.05, 0) is 43.7 Å². The molecule has 0 aliphatic carbocycles. The zero-order valence-electron chi connectivity index (χ0n) is 15.6. The molecule has 0 aliphatic heterocycles. The van der Waals surface area contributed by atoms with Crippen molar-refractivity contribution < 1.29 is 23.9 Å². The summed E-state index contributed by atoms with van der Waals surface area (Å²) in [5.41, 5.74) is 1.34. The number of carbonyl (C=O) groups is 3. The monoisotopic (exact) mass is 389 g/mol. The van der Waals surface area contributed by atoms with Crippen molar-refractivity contribution >= 4 is 29.0 Å². The Bertz CT molecular complexity index is 795. The molecule has 1 heterocycles. The van der Waals surface area contributed by atoms with Crippen molar-refractivity contribution in [1.29, 1.82) is 0 Å². The Morgan fingerprint density at radius 2 is 1.78 bits per heavy atom. The van der Waals surface area contributed by atoms with E-state index in [0.29, 0.717) is 23.6 Å². The van der Waals surface area contributed by atoms with Crippen molar-refractivity contribution in [2.24, 2.45) is 0 Å². The fraction of sp³-hybridized carbons (Fsp3) is 0.350. The standard InChI is InChI=1S/C20H23NO5S/c1-13(2)25-11-15-4-6-16(7-5-15)20(24)26-12-18(23)19-9-8-17(27-19)10-21-14(3)22/h4-9,13H,10-12H2,1-3H3,(H,21,22). The maximum absolute atomic E-state index is 12.2. The first kappa shape index (κ1) is 20.8. The summed E-state index contributed by atoms with van der Waals surface area (Å²) in [5, 5.41) is 2.67. The van der Waals surface area contributed by atoms with Crippen LogP contribution < -0.4 is 5.32 Å². The van der Waals surface area contributed by atoms with Gasteiger partial charge in [0.2, 0.25) is 11.7 Å². The van der Waals surface area contributed by atoms with Gasteiger partial charge in [-0.25, -0.2) is 4.79 Å². The van der Waals surface area contributed by atoms with E-state index in [2.05, 4.69) is 5.32 Å². The molecule has 144 valence electrons. The molecule has 0 aliphatic rings. The van der Waals surface area contributed by atoms with Crippen LogP contribution in [0.4, 0.5) is 0 Å². The molecule has 0 atom stereocenters. The molecule has 7 heteroatoms. The van der Waals surface area contributed by atoms with Crippen molar-refractivity contribution in [3.8, 4) is 0 Å². The van der Waals surface area contributed by atoms with E-state index in [9.17, 15) is 14.4 Å². The van der Waals surface area contributed by atoms with Crippen molar-refractivity contribution in [3.05, 3.63) is 57.3 Å². The first-order valence-corrected chi connectivity index (χ1v) is 9.41. The molecule has 0 saturated carbocycles. The lowest BCUT2D eigenvalue weighted by atomic mass is 10.1. The Hall–Kier alpha value is -2.51. The van der Waals surface area contributed by atoms with Crippen molar-refractivity contribution in [2.75, 3.05) is 6.61 Å². The maximum Gasteiger partial charge on any atom is 0.338 e. The van der Waals surface area contributed by atoms with Crippen LogP contribution in [0.1, 0.15) is 51.2 Å². The highest BCUT2D eigenvalue weighted by molar-refractivity contribution is 7.14. The number of thiophene rings is 1. The van der Waals surface area contributed by atoms with Gasteiger partial charge in [0, 0.05) is 11.8 Å². The van der Waals surface area contributed by atoms with E-state index in [4.69, 9.17) is 9.47 Å². The number of ketones is 1. The number of ether oxygens (including phenoxy) is 2. The van der Waals surface area contributed by atoms with E-state index in [-0.39, 0.29) is 24.4 Å². The van der Waals surface area contributed by atoms with Crippen molar-refractivity contribution in [2.45, 2.75) is 40.0 Å². The van der Waals surface area contributed by atoms with Crippen LogP contribution in [0.5, 0.6) is 0 Å². The van der Waals surface area contributed by atoms with Crippen LogP contribution in [-0.4, -0.2) is 30.4 Å². The Balaban J connectivity index is 1.84. The molecule has 1 aromatic heterocycles. The van der Waals surface area contributed by atoms with Gasteiger partial charge in [0.25, 0.3) is 0 Å². The number of benzene rings is 1. The van der Waals surface area contributed by atoms with Gasteiger partial charge in [0.15, 0.2) is 6.61 Å². The summed E-state index contributed by atoms with van der Waals surface area (Å²) in [7, 11) is 0. The van der Waals surface area contributed by atoms with E-state index in [1.165, 1.54) is 18.3 Å². The molecule has 0 fully saturated rings. The summed E-state index contributed by atoms with van der Waals surface area (Å²) in [6.07, 6.45) is 0.136. The minimum Gasteiger partial charge on any atom is -0.454 e. The summed E-state index contributed by atoms with van der Waals surface area (Å²) in [4.78, 5) is 36.5. The molecular formula is C20H23NO5S. The average Bonchev–Trinajstić information content (AvgIpc) is 3.12. The van der Waals surface area contributed by atoms with E-state index in [1.807, 2.05) is 13.8 Å². The smallest absolute Gasteiger partial charge is 0.338 e. The van der Waals surface area contributed by atoms with Crippen LogP contribution in [0.3, 0.4) is 0 Å². The van der Waals surface area contributed by atoms with Crippen LogP contribution in [0.15, 0.2) is 36.4 Å². The van der Waals surface area contributed by atoms with Crippen LogP contribution in [0.2, 0.25) is 0 Å². The SMILES string of the molecule is CC(=O)NCc1ccc(C(=O)COC(=O)c2ccc(COC(C)C)cc2)s1. The number of hydrogen-bond donors (Lipinski definition) is 1. The highest BCUT2D eigenvalue weighted by Crippen LogP contribution is 2.17. The lowest BCUT2D eigenvalue weighted by Crippen LogP contribution is -2.18.